The van der Waals surface area contributed by atoms with E-state index in [2.05, 4.69) is 10.6 Å². The second-order valence-electron chi connectivity index (χ2n) is 4.31. The number of nitrogens with zero attached hydrogens (tertiary/aromatic N) is 1. The minimum atomic E-state index is -0.677. The number of imide groups is 1. The van der Waals surface area contributed by atoms with Gasteiger partial charge >= 0.3 is 0 Å². The number of carbonyl (C=O) groups excluding carboxylic acids is 3. The summed E-state index contributed by atoms with van der Waals surface area (Å²) in [6.45, 7) is 2.49. The fourth-order valence-corrected chi connectivity index (χ4v) is 2.21. The lowest BCUT2D eigenvalue weighted by Gasteiger charge is -2.21. The minimum Gasteiger partial charge on any atom is -0.342 e. The SMILES string of the molecule is CCn1cc(Cl)cc1C(=O)NC1CCC(=O)NC1=O. The highest BCUT2D eigenvalue weighted by molar-refractivity contribution is 6.31. The van der Waals surface area contributed by atoms with Crippen molar-refractivity contribution in [2.45, 2.75) is 32.4 Å². The molecule has 19 heavy (non-hydrogen) atoms. The molecule has 1 saturated heterocycles. The van der Waals surface area contributed by atoms with Crippen molar-refractivity contribution in [3.8, 4) is 0 Å². The van der Waals surface area contributed by atoms with E-state index in [0.29, 0.717) is 23.7 Å². The van der Waals surface area contributed by atoms with E-state index in [0.717, 1.165) is 0 Å². The van der Waals surface area contributed by atoms with E-state index in [9.17, 15) is 14.4 Å². The fourth-order valence-electron chi connectivity index (χ4n) is 1.99. The Kier molecular flexibility index (Phi) is 3.90. The van der Waals surface area contributed by atoms with Crippen LogP contribution in [0.3, 0.4) is 0 Å². The van der Waals surface area contributed by atoms with Crippen LogP contribution in [-0.2, 0) is 16.1 Å². The summed E-state index contributed by atoms with van der Waals surface area (Å²) in [7, 11) is 0. The largest absolute Gasteiger partial charge is 0.342 e. The summed E-state index contributed by atoms with van der Waals surface area (Å²) >= 11 is 5.85. The Labute approximate surface area is 115 Å². The molecule has 1 aromatic heterocycles. The molecule has 102 valence electrons. The van der Waals surface area contributed by atoms with Gasteiger partial charge in [-0.1, -0.05) is 11.6 Å². The molecule has 0 aromatic carbocycles. The summed E-state index contributed by atoms with van der Waals surface area (Å²) in [5.74, 6) is -1.15. The van der Waals surface area contributed by atoms with Crippen molar-refractivity contribution in [3.63, 3.8) is 0 Å². The third-order valence-electron chi connectivity index (χ3n) is 2.98. The second kappa shape index (κ2) is 5.44. The molecule has 0 saturated carbocycles. The van der Waals surface area contributed by atoms with Gasteiger partial charge in [0.05, 0.1) is 5.02 Å². The first-order valence-electron chi connectivity index (χ1n) is 6.01. The summed E-state index contributed by atoms with van der Waals surface area (Å²) in [5.41, 5.74) is 0.400. The summed E-state index contributed by atoms with van der Waals surface area (Å²) in [4.78, 5) is 34.6. The quantitative estimate of drug-likeness (QED) is 0.801. The summed E-state index contributed by atoms with van der Waals surface area (Å²) in [6, 6.07) is 0.871. The Balaban J connectivity index is 2.08. The molecular weight excluding hydrogens is 270 g/mol. The van der Waals surface area contributed by atoms with E-state index in [-0.39, 0.29) is 18.2 Å². The predicted octanol–water partition coefficient (Wildman–Crippen LogP) is 0.696. The van der Waals surface area contributed by atoms with Crippen LogP contribution in [-0.4, -0.2) is 28.3 Å². The molecule has 0 radical (unpaired) electrons. The van der Waals surface area contributed by atoms with Gasteiger partial charge in [-0.25, -0.2) is 0 Å². The number of nitrogens with one attached hydrogen (secondary N) is 2. The number of hydrogen-bond acceptors (Lipinski definition) is 3. The van der Waals surface area contributed by atoms with Gasteiger partial charge in [-0.2, -0.15) is 0 Å². The van der Waals surface area contributed by atoms with Crippen molar-refractivity contribution < 1.29 is 14.4 Å². The van der Waals surface area contributed by atoms with Crippen LogP contribution < -0.4 is 10.6 Å². The normalized spacial score (nSPS) is 19.2. The molecular formula is C12H14ClN3O3. The number of aryl methyl sites for hydroxylation is 1. The zero-order valence-electron chi connectivity index (χ0n) is 10.4. The van der Waals surface area contributed by atoms with Gasteiger partial charge in [-0.3, -0.25) is 19.7 Å². The van der Waals surface area contributed by atoms with Gasteiger partial charge in [-0.15, -0.1) is 0 Å². The van der Waals surface area contributed by atoms with Gasteiger partial charge in [0.2, 0.25) is 11.8 Å². The molecule has 1 aliphatic rings. The molecule has 0 spiro atoms. The van der Waals surface area contributed by atoms with Crippen LogP contribution in [0.25, 0.3) is 0 Å². The Morgan fingerprint density at radius 1 is 1.58 bits per heavy atom. The zero-order valence-corrected chi connectivity index (χ0v) is 11.2. The first kappa shape index (κ1) is 13.6. The van der Waals surface area contributed by atoms with Crippen molar-refractivity contribution in [2.75, 3.05) is 0 Å². The first-order chi connectivity index (χ1) is 9.01. The van der Waals surface area contributed by atoms with Gasteiger partial charge in [0, 0.05) is 19.2 Å². The van der Waals surface area contributed by atoms with E-state index < -0.39 is 11.9 Å². The van der Waals surface area contributed by atoms with Crippen LogP contribution in [0.15, 0.2) is 12.3 Å². The van der Waals surface area contributed by atoms with Gasteiger partial charge in [0.25, 0.3) is 5.91 Å². The van der Waals surface area contributed by atoms with Gasteiger partial charge in [0.1, 0.15) is 11.7 Å². The highest BCUT2D eigenvalue weighted by atomic mass is 35.5. The summed E-state index contributed by atoms with van der Waals surface area (Å²) in [5, 5.41) is 5.27. The van der Waals surface area contributed by atoms with Crippen LogP contribution in [0.4, 0.5) is 0 Å². The third-order valence-corrected chi connectivity index (χ3v) is 3.19. The molecule has 1 atom stereocenters. The topological polar surface area (TPSA) is 80.2 Å². The molecule has 2 heterocycles. The molecule has 6 nitrogen and oxygen atoms in total. The lowest BCUT2D eigenvalue weighted by Crippen LogP contribution is -2.52. The molecule has 0 bridgehead atoms. The lowest BCUT2D eigenvalue weighted by molar-refractivity contribution is -0.134. The minimum absolute atomic E-state index is 0.228. The Hall–Kier alpha value is -1.82. The molecule has 1 aromatic rings. The molecule has 1 fully saturated rings. The van der Waals surface area contributed by atoms with E-state index in [1.165, 1.54) is 0 Å². The maximum Gasteiger partial charge on any atom is 0.268 e. The monoisotopic (exact) mass is 283 g/mol. The average molecular weight is 284 g/mol. The summed E-state index contributed by atoms with van der Waals surface area (Å²) in [6.07, 6.45) is 2.20. The van der Waals surface area contributed by atoms with Crippen LogP contribution in [0.1, 0.15) is 30.3 Å². The number of amides is 3. The number of halogens is 1. The van der Waals surface area contributed by atoms with Crippen molar-refractivity contribution in [3.05, 3.63) is 23.0 Å². The van der Waals surface area contributed by atoms with E-state index in [1.54, 1.807) is 16.8 Å². The van der Waals surface area contributed by atoms with Crippen molar-refractivity contribution in [1.82, 2.24) is 15.2 Å². The van der Waals surface area contributed by atoms with E-state index in [4.69, 9.17) is 11.6 Å². The molecule has 1 aliphatic heterocycles. The van der Waals surface area contributed by atoms with Crippen LogP contribution in [0.5, 0.6) is 0 Å². The van der Waals surface area contributed by atoms with E-state index >= 15 is 0 Å². The number of carbonyl (C=O) groups is 3. The molecule has 2 N–H and O–H groups in total. The second-order valence-corrected chi connectivity index (χ2v) is 4.74. The first-order valence-corrected chi connectivity index (χ1v) is 6.39. The molecule has 3 amide bonds. The zero-order chi connectivity index (χ0) is 14.0. The Bertz CT molecular complexity index is 538. The smallest absolute Gasteiger partial charge is 0.268 e. The van der Waals surface area contributed by atoms with Crippen molar-refractivity contribution >= 4 is 29.3 Å². The van der Waals surface area contributed by atoms with Crippen molar-refractivity contribution in [1.29, 1.82) is 0 Å². The maximum atomic E-state index is 12.1. The van der Waals surface area contributed by atoms with Crippen molar-refractivity contribution in [2.24, 2.45) is 0 Å². The fraction of sp³-hybridized carbons (Fsp3) is 0.417. The Morgan fingerprint density at radius 2 is 2.32 bits per heavy atom. The molecule has 0 aliphatic carbocycles. The van der Waals surface area contributed by atoms with Gasteiger partial charge < -0.3 is 9.88 Å². The highest BCUT2D eigenvalue weighted by Gasteiger charge is 2.28. The number of aromatic nitrogens is 1. The number of rotatable bonds is 3. The van der Waals surface area contributed by atoms with Crippen LogP contribution >= 0.6 is 11.6 Å². The molecule has 7 heteroatoms. The highest BCUT2D eigenvalue weighted by Crippen LogP contribution is 2.15. The third kappa shape index (κ3) is 2.96. The standard InChI is InChI=1S/C12H14ClN3O3/c1-2-16-6-7(13)5-9(16)12(19)14-8-3-4-10(17)15-11(8)18/h5-6,8H,2-4H2,1H3,(H,14,19)(H,15,17,18). The lowest BCUT2D eigenvalue weighted by atomic mass is 10.1. The average Bonchev–Trinajstić information content (AvgIpc) is 2.74. The number of piperidine rings is 1. The van der Waals surface area contributed by atoms with Crippen LogP contribution in [0, 0.1) is 0 Å². The Morgan fingerprint density at radius 3 is 2.95 bits per heavy atom. The van der Waals surface area contributed by atoms with E-state index in [1.807, 2.05) is 6.92 Å². The molecule has 1 unspecified atom stereocenters. The van der Waals surface area contributed by atoms with Gasteiger partial charge in [-0.05, 0) is 19.4 Å². The van der Waals surface area contributed by atoms with Crippen LogP contribution in [0.2, 0.25) is 5.02 Å². The summed E-state index contributed by atoms with van der Waals surface area (Å²) < 4.78 is 1.70. The maximum absolute atomic E-state index is 12.1. The predicted molar refractivity (Wildman–Crippen MR) is 68.8 cm³/mol. The van der Waals surface area contributed by atoms with Gasteiger partial charge in [0.15, 0.2) is 0 Å². The number of hydrogen-bond donors (Lipinski definition) is 2. The molecule has 2 rings (SSSR count).